The minimum absolute atomic E-state index is 0.460. The van der Waals surface area contributed by atoms with Gasteiger partial charge in [0.15, 0.2) is 0 Å². The molecule has 0 aliphatic rings. The molecule has 6 nitrogen and oxygen atoms in total. The van der Waals surface area contributed by atoms with E-state index in [4.69, 9.17) is 10.5 Å². The van der Waals surface area contributed by atoms with Crippen LogP contribution in [0.15, 0.2) is 24.5 Å². The van der Waals surface area contributed by atoms with Gasteiger partial charge < -0.3 is 10.5 Å². The van der Waals surface area contributed by atoms with Crippen LogP contribution < -0.4 is 5.73 Å². The molecule has 0 saturated heterocycles. The van der Waals surface area contributed by atoms with Gasteiger partial charge in [-0.05, 0) is 39.8 Å². The molecule has 0 radical (unpaired) electrons. The summed E-state index contributed by atoms with van der Waals surface area (Å²) >= 11 is 0. The van der Waals surface area contributed by atoms with Crippen molar-refractivity contribution in [2.24, 2.45) is 0 Å². The first-order valence-electron chi connectivity index (χ1n) is 6.28. The summed E-state index contributed by atoms with van der Waals surface area (Å²) in [6.07, 6.45) is 2.76. The van der Waals surface area contributed by atoms with Gasteiger partial charge in [-0.2, -0.15) is 9.78 Å². The molecule has 2 aromatic heterocycles. The van der Waals surface area contributed by atoms with Crippen molar-refractivity contribution in [3.05, 3.63) is 30.2 Å². The van der Waals surface area contributed by atoms with Gasteiger partial charge in [-0.1, -0.05) is 0 Å². The first-order valence-corrected chi connectivity index (χ1v) is 6.28. The molecule has 2 rings (SSSR count). The standard InChI is InChI=1S/C14H18N4O2/c1-9-11(15)12(10-5-7-16-8-6-10)17-18(9)13(19)20-14(2,3)4/h5-8H,15H2,1-4H3. The van der Waals surface area contributed by atoms with E-state index in [1.54, 1.807) is 52.2 Å². The number of pyridine rings is 1. The number of nitrogens with two attached hydrogens (primary N) is 1. The van der Waals surface area contributed by atoms with E-state index < -0.39 is 11.7 Å². The van der Waals surface area contributed by atoms with Crippen LogP contribution in [0.25, 0.3) is 11.3 Å². The number of nitrogen functional groups attached to an aromatic ring is 1. The molecule has 2 N–H and O–H groups in total. The van der Waals surface area contributed by atoms with Crippen molar-refractivity contribution >= 4 is 11.8 Å². The molecule has 0 saturated carbocycles. The van der Waals surface area contributed by atoms with E-state index in [9.17, 15) is 4.79 Å². The van der Waals surface area contributed by atoms with Gasteiger partial charge in [0.2, 0.25) is 0 Å². The van der Waals surface area contributed by atoms with Crippen molar-refractivity contribution < 1.29 is 9.53 Å². The van der Waals surface area contributed by atoms with Gasteiger partial charge in [-0.3, -0.25) is 4.98 Å². The largest absolute Gasteiger partial charge is 0.442 e. The Morgan fingerprint density at radius 1 is 1.30 bits per heavy atom. The fraction of sp³-hybridized carbons (Fsp3) is 0.357. The fourth-order valence-corrected chi connectivity index (χ4v) is 1.72. The summed E-state index contributed by atoms with van der Waals surface area (Å²) < 4.78 is 6.49. The highest BCUT2D eigenvalue weighted by Crippen LogP contribution is 2.27. The van der Waals surface area contributed by atoms with E-state index >= 15 is 0 Å². The normalized spacial score (nSPS) is 11.4. The Labute approximate surface area is 117 Å². The molecule has 0 aromatic carbocycles. The third kappa shape index (κ3) is 2.79. The van der Waals surface area contributed by atoms with Gasteiger partial charge in [0, 0.05) is 18.0 Å². The summed E-state index contributed by atoms with van der Waals surface area (Å²) in [7, 11) is 0. The SMILES string of the molecule is Cc1c(N)c(-c2ccncc2)nn1C(=O)OC(C)(C)C. The van der Waals surface area contributed by atoms with Crippen LogP contribution >= 0.6 is 0 Å². The van der Waals surface area contributed by atoms with Gasteiger partial charge in [-0.15, -0.1) is 0 Å². The van der Waals surface area contributed by atoms with Crippen molar-refractivity contribution in [1.29, 1.82) is 0 Å². The van der Waals surface area contributed by atoms with Gasteiger partial charge in [0.1, 0.15) is 11.3 Å². The second-order valence-electron chi connectivity index (χ2n) is 5.48. The molecule has 0 aliphatic heterocycles. The molecule has 0 unspecified atom stereocenters. The summed E-state index contributed by atoms with van der Waals surface area (Å²) in [5, 5.41) is 4.25. The minimum atomic E-state index is -0.582. The Hall–Kier alpha value is -2.37. The van der Waals surface area contributed by atoms with Crippen LogP contribution in [-0.2, 0) is 4.74 Å². The van der Waals surface area contributed by atoms with Gasteiger partial charge in [0.25, 0.3) is 0 Å². The second kappa shape index (κ2) is 4.96. The van der Waals surface area contributed by atoms with Crippen LogP contribution in [-0.4, -0.2) is 26.5 Å². The Morgan fingerprint density at radius 2 is 1.90 bits per heavy atom. The first kappa shape index (κ1) is 14.0. The van der Waals surface area contributed by atoms with Crippen LogP contribution in [0.3, 0.4) is 0 Å². The van der Waals surface area contributed by atoms with E-state index in [-0.39, 0.29) is 0 Å². The molecule has 0 atom stereocenters. The maximum Gasteiger partial charge on any atom is 0.435 e. The second-order valence-corrected chi connectivity index (χ2v) is 5.48. The molecular formula is C14H18N4O2. The van der Waals surface area contributed by atoms with Crippen molar-refractivity contribution in [1.82, 2.24) is 14.8 Å². The monoisotopic (exact) mass is 274 g/mol. The lowest BCUT2D eigenvalue weighted by atomic mass is 10.1. The Bertz CT molecular complexity index is 627. The van der Waals surface area contributed by atoms with Gasteiger partial charge in [-0.25, -0.2) is 4.79 Å². The summed E-state index contributed by atoms with van der Waals surface area (Å²) in [5.74, 6) is 0. The maximum absolute atomic E-state index is 12.1. The minimum Gasteiger partial charge on any atom is -0.442 e. The van der Waals surface area contributed by atoms with E-state index in [1.807, 2.05) is 0 Å². The highest BCUT2D eigenvalue weighted by atomic mass is 16.6. The number of carbonyl (C=O) groups is 1. The quantitative estimate of drug-likeness (QED) is 0.864. The Morgan fingerprint density at radius 3 is 2.45 bits per heavy atom. The van der Waals surface area contributed by atoms with Crippen molar-refractivity contribution in [2.45, 2.75) is 33.3 Å². The highest BCUT2D eigenvalue weighted by Gasteiger charge is 2.23. The lowest BCUT2D eigenvalue weighted by molar-refractivity contribution is 0.0511. The predicted octanol–water partition coefficient (Wildman–Crippen LogP) is 2.62. The molecule has 2 heterocycles. The smallest absolute Gasteiger partial charge is 0.435 e. The molecule has 0 fully saturated rings. The summed E-state index contributed by atoms with van der Waals surface area (Å²) in [4.78, 5) is 16.0. The molecule has 0 spiro atoms. The molecular weight excluding hydrogens is 256 g/mol. The number of carbonyl (C=O) groups excluding carboxylic acids is 1. The Kier molecular flexibility index (Phi) is 3.48. The highest BCUT2D eigenvalue weighted by molar-refractivity contribution is 5.80. The molecule has 0 amide bonds. The summed E-state index contributed by atoms with van der Waals surface area (Å²) in [6, 6.07) is 3.58. The van der Waals surface area contributed by atoms with E-state index in [1.165, 1.54) is 4.68 Å². The van der Waals surface area contributed by atoms with E-state index in [0.29, 0.717) is 17.1 Å². The predicted molar refractivity (Wildman–Crippen MR) is 76.2 cm³/mol. The average Bonchev–Trinajstić information content (AvgIpc) is 2.66. The number of nitrogens with zero attached hydrogens (tertiary/aromatic N) is 3. The first-order chi connectivity index (χ1) is 9.29. The number of aromatic nitrogens is 3. The van der Waals surface area contributed by atoms with Crippen molar-refractivity contribution in [3.8, 4) is 11.3 Å². The van der Waals surface area contributed by atoms with Crippen molar-refractivity contribution in [2.75, 3.05) is 5.73 Å². The van der Waals surface area contributed by atoms with Crippen LogP contribution in [0.4, 0.5) is 10.5 Å². The van der Waals surface area contributed by atoms with Gasteiger partial charge >= 0.3 is 6.09 Å². The van der Waals surface area contributed by atoms with E-state index in [2.05, 4.69) is 10.1 Å². The average molecular weight is 274 g/mol. The molecule has 6 heteroatoms. The molecule has 106 valence electrons. The molecule has 20 heavy (non-hydrogen) atoms. The maximum atomic E-state index is 12.1. The third-order valence-electron chi connectivity index (χ3n) is 2.68. The summed E-state index contributed by atoms with van der Waals surface area (Å²) in [5.41, 5.74) is 7.82. The summed E-state index contributed by atoms with van der Waals surface area (Å²) in [6.45, 7) is 7.14. The fourth-order valence-electron chi connectivity index (χ4n) is 1.72. The van der Waals surface area contributed by atoms with Crippen LogP contribution in [0, 0.1) is 6.92 Å². The number of ether oxygens (including phenoxy) is 1. The zero-order chi connectivity index (χ0) is 14.9. The zero-order valence-electron chi connectivity index (χ0n) is 12.0. The van der Waals surface area contributed by atoms with Crippen molar-refractivity contribution in [3.63, 3.8) is 0 Å². The molecule has 0 aliphatic carbocycles. The molecule has 0 bridgehead atoms. The number of hydrogen-bond acceptors (Lipinski definition) is 5. The van der Waals surface area contributed by atoms with Crippen LogP contribution in [0.5, 0.6) is 0 Å². The lowest BCUT2D eigenvalue weighted by Gasteiger charge is -2.19. The molecule has 2 aromatic rings. The zero-order valence-corrected chi connectivity index (χ0v) is 12.0. The Balaban J connectivity index is 2.41. The number of rotatable bonds is 1. The number of anilines is 1. The third-order valence-corrected chi connectivity index (χ3v) is 2.68. The lowest BCUT2D eigenvalue weighted by Crippen LogP contribution is -2.28. The number of hydrogen-bond donors (Lipinski definition) is 1. The van der Waals surface area contributed by atoms with Crippen LogP contribution in [0.1, 0.15) is 26.5 Å². The van der Waals surface area contributed by atoms with E-state index in [0.717, 1.165) is 5.56 Å². The topological polar surface area (TPSA) is 83.0 Å². The van der Waals surface area contributed by atoms with Gasteiger partial charge in [0.05, 0.1) is 11.4 Å². The van der Waals surface area contributed by atoms with Crippen LogP contribution in [0.2, 0.25) is 0 Å².